The summed E-state index contributed by atoms with van der Waals surface area (Å²) in [6, 6.07) is 7.19. The van der Waals surface area contributed by atoms with Crippen molar-refractivity contribution in [1.29, 1.82) is 0 Å². The second-order valence-corrected chi connectivity index (χ2v) is 6.92. The lowest BCUT2D eigenvalue weighted by atomic mass is 10.1. The predicted octanol–water partition coefficient (Wildman–Crippen LogP) is 0.872. The zero-order valence-corrected chi connectivity index (χ0v) is 16.7. The van der Waals surface area contributed by atoms with Crippen LogP contribution < -0.4 is 11.1 Å². The second-order valence-electron chi connectivity index (χ2n) is 6.92. The quantitative estimate of drug-likeness (QED) is 0.498. The van der Waals surface area contributed by atoms with E-state index >= 15 is 0 Å². The van der Waals surface area contributed by atoms with Gasteiger partial charge in [0, 0.05) is 55.5 Å². The number of carbonyl (C=O) groups is 3. The Labute approximate surface area is 180 Å². The maximum atomic E-state index is 13.6. The summed E-state index contributed by atoms with van der Waals surface area (Å²) in [6.07, 6.45) is -1.44. The van der Waals surface area contributed by atoms with Crippen molar-refractivity contribution in [2.75, 3.05) is 26.2 Å². The van der Waals surface area contributed by atoms with Crippen LogP contribution in [0.5, 0.6) is 0 Å². The normalized spacial score (nSPS) is 15.5. The summed E-state index contributed by atoms with van der Waals surface area (Å²) in [7, 11) is 0. The Morgan fingerprint density at radius 1 is 1.03 bits per heavy atom. The van der Waals surface area contributed by atoms with Gasteiger partial charge in [-0.2, -0.15) is 0 Å². The van der Waals surface area contributed by atoms with E-state index in [4.69, 9.17) is 5.73 Å². The fourth-order valence-electron chi connectivity index (χ4n) is 3.38. The summed E-state index contributed by atoms with van der Waals surface area (Å²) >= 11 is 0. The van der Waals surface area contributed by atoms with Crippen LogP contribution in [-0.2, 0) is 4.79 Å². The summed E-state index contributed by atoms with van der Waals surface area (Å²) in [5, 5.41) is 13.5. The van der Waals surface area contributed by atoms with E-state index in [-0.39, 0.29) is 43.0 Å². The Morgan fingerprint density at radius 3 is 2.19 bits per heavy atom. The number of nitrogens with two attached hydrogens (primary N) is 1. The number of rotatable bonds is 6. The van der Waals surface area contributed by atoms with Gasteiger partial charge in [-0.1, -0.05) is 6.07 Å². The molecule has 2 aromatic carbocycles. The van der Waals surface area contributed by atoms with Crippen LogP contribution in [0.15, 0.2) is 42.5 Å². The van der Waals surface area contributed by atoms with Gasteiger partial charge in [-0.25, -0.2) is 8.78 Å². The van der Waals surface area contributed by atoms with E-state index in [1.807, 2.05) is 0 Å². The van der Waals surface area contributed by atoms with Crippen LogP contribution in [0.1, 0.15) is 20.7 Å². The Morgan fingerprint density at radius 2 is 1.62 bits per heavy atom. The number of nitro benzene ring substituents is 1. The molecule has 1 heterocycles. The largest absolute Gasteiger partial charge is 0.351 e. The van der Waals surface area contributed by atoms with E-state index in [0.717, 1.165) is 28.0 Å². The number of hydrogen-bond donors (Lipinski definition) is 2. The van der Waals surface area contributed by atoms with Crippen molar-refractivity contribution in [3.05, 3.63) is 75.3 Å². The molecule has 3 amide bonds. The van der Waals surface area contributed by atoms with Crippen molar-refractivity contribution < 1.29 is 28.1 Å². The number of nitrogens with zero attached hydrogens (tertiary/aromatic N) is 3. The maximum absolute atomic E-state index is 13.6. The minimum absolute atomic E-state index is 0.0538. The third-order valence-electron chi connectivity index (χ3n) is 4.79. The highest BCUT2D eigenvalue weighted by molar-refractivity contribution is 6.02. The van der Waals surface area contributed by atoms with Gasteiger partial charge in [0.1, 0.15) is 11.6 Å². The molecule has 12 heteroatoms. The molecule has 32 heavy (non-hydrogen) atoms. The second kappa shape index (κ2) is 9.47. The van der Waals surface area contributed by atoms with Crippen LogP contribution >= 0.6 is 0 Å². The van der Waals surface area contributed by atoms with Crippen LogP contribution in [-0.4, -0.2) is 64.8 Å². The van der Waals surface area contributed by atoms with Gasteiger partial charge in [-0.3, -0.25) is 24.5 Å². The summed E-state index contributed by atoms with van der Waals surface area (Å²) < 4.78 is 27.2. The smallest absolute Gasteiger partial charge is 0.270 e. The molecule has 0 saturated carbocycles. The van der Waals surface area contributed by atoms with E-state index in [1.165, 1.54) is 18.2 Å². The van der Waals surface area contributed by atoms with E-state index < -0.39 is 40.4 Å². The number of benzene rings is 2. The fourth-order valence-corrected chi connectivity index (χ4v) is 3.38. The topological polar surface area (TPSA) is 139 Å². The molecule has 1 aliphatic heterocycles. The number of carbonyl (C=O) groups excluding carboxylic acids is 3. The first kappa shape index (κ1) is 22.7. The maximum Gasteiger partial charge on any atom is 0.270 e. The van der Waals surface area contributed by atoms with Crippen molar-refractivity contribution in [2.24, 2.45) is 5.73 Å². The van der Waals surface area contributed by atoms with Gasteiger partial charge in [0.05, 0.1) is 4.92 Å². The summed E-state index contributed by atoms with van der Waals surface area (Å²) in [4.78, 5) is 51.3. The third-order valence-corrected chi connectivity index (χ3v) is 4.79. The van der Waals surface area contributed by atoms with Gasteiger partial charge in [0.2, 0.25) is 0 Å². The van der Waals surface area contributed by atoms with Crippen molar-refractivity contribution in [1.82, 2.24) is 15.1 Å². The number of amides is 3. The molecule has 1 aliphatic rings. The lowest BCUT2D eigenvalue weighted by molar-refractivity contribution is -0.384. The molecular weight excluding hydrogens is 428 g/mol. The molecular formula is C20H19F2N5O5. The number of nitrogens with one attached hydrogen (secondary N) is 1. The molecule has 1 fully saturated rings. The Hall–Kier alpha value is -3.93. The molecule has 10 nitrogen and oxygen atoms in total. The molecule has 3 N–H and O–H groups in total. The van der Waals surface area contributed by atoms with Crippen LogP contribution in [0.4, 0.5) is 14.5 Å². The highest BCUT2D eigenvalue weighted by Crippen LogP contribution is 2.23. The van der Waals surface area contributed by atoms with Crippen LogP contribution in [0.3, 0.4) is 0 Å². The van der Waals surface area contributed by atoms with Crippen molar-refractivity contribution >= 4 is 23.4 Å². The van der Waals surface area contributed by atoms with E-state index in [9.17, 15) is 33.3 Å². The lowest BCUT2D eigenvalue weighted by Crippen LogP contribution is -2.54. The van der Waals surface area contributed by atoms with Gasteiger partial charge >= 0.3 is 0 Å². The molecule has 1 atom stereocenters. The summed E-state index contributed by atoms with van der Waals surface area (Å²) in [6.45, 7) is -0.0186. The minimum Gasteiger partial charge on any atom is -0.351 e. The van der Waals surface area contributed by atoms with Crippen LogP contribution in [0.2, 0.25) is 0 Å². The Bertz CT molecular complexity index is 1060. The molecule has 0 aliphatic carbocycles. The predicted molar refractivity (Wildman–Crippen MR) is 107 cm³/mol. The average Bonchev–Trinajstić information content (AvgIpc) is 3.21. The molecule has 168 valence electrons. The molecule has 0 spiro atoms. The monoisotopic (exact) mass is 447 g/mol. The first-order valence-electron chi connectivity index (χ1n) is 9.53. The Kier molecular flexibility index (Phi) is 6.73. The van der Waals surface area contributed by atoms with E-state index in [2.05, 4.69) is 5.32 Å². The van der Waals surface area contributed by atoms with Crippen LogP contribution in [0, 0.1) is 21.7 Å². The van der Waals surface area contributed by atoms with Crippen molar-refractivity contribution in [3.8, 4) is 0 Å². The molecule has 3 rings (SSSR count). The fraction of sp³-hybridized carbons (Fsp3) is 0.250. The molecule has 0 radical (unpaired) electrons. The van der Waals surface area contributed by atoms with E-state index in [0.29, 0.717) is 6.07 Å². The Balaban J connectivity index is 1.95. The molecule has 0 aromatic heterocycles. The van der Waals surface area contributed by atoms with Crippen molar-refractivity contribution in [2.45, 2.75) is 6.17 Å². The zero-order valence-electron chi connectivity index (χ0n) is 16.7. The number of halogens is 2. The number of non-ortho nitro benzene ring substituents is 1. The third kappa shape index (κ3) is 4.70. The average molecular weight is 447 g/mol. The first-order valence-corrected chi connectivity index (χ1v) is 9.53. The summed E-state index contributed by atoms with van der Waals surface area (Å²) in [5.41, 5.74) is 4.70. The van der Waals surface area contributed by atoms with Crippen LogP contribution in [0.25, 0.3) is 0 Å². The van der Waals surface area contributed by atoms with Gasteiger partial charge in [-0.05, 0) is 18.2 Å². The lowest BCUT2D eigenvalue weighted by Gasteiger charge is -2.29. The van der Waals surface area contributed by atoms with Gasteiger partial charge in [-0.15, -0.1) is 0 Å². The highest BCUT2D eigenvalue weighted by Gasteiger charge is 2.43. The molecule has 1 saturated heterocycles. The van der Waals surface area contributed by atoms with E-state index in [1.54, 1.807) is 0 Å². The first-order chi connectivity index (χ1) is 15.2. The SMILES string of the molecule is NCCNC(=O)C1N(C(=O)c2cc(F)cc(F)c2)CCN1C(=O)c1cccc([N+](=O)[O-])c1. The minimum atomic E-state index is -1.44. The van der Waals surface area contributed by atoms with Gasteiger partial charge in [0.15, 0.2) is 6.17 Å². The zero-order chi connectivity index (χ0) is 23.4. The standard InChI is InChI=1S/C20H19F2N5O5/c21-14-8-13(9-15(22)11-14)20(30)26-7-6-25(18(26)17(28)24-5-4-23)19(29)12-2-1-3-16(10-12)27(31)32/h1-3,8-11,18H,4-7,23H2,(H,24,28). The molecule has 1 unspecified atom stereocenters. The number of hydrogen-bond acceptors (Lipinski definition) is 6. The molecule has 2 aromatic rings. The van der Waals surface area contributed by atoms with Crippen molar-refractivity contribution in [3.63, 3.8) is 0 Å². The number of nitro groups is 1. The molecule has 0 bridgehead atoms. The van der Waals surface area contributed by atoms with Gasteiger partial charge < -0.3 is 20.9 Å². The summed E-state index contributed by atoms with van der Waals surface area (Å²) in [5.74, 6) is -4.24. The highest BCUT2D eigenvalue weighted by atomic mass is 19.1. The van der Waals surface area contributed by atoms with Gasteiger partial charge in [0.25, 0.3) is 23.4 Å².